The van der Waals surface area contributed by atoms with Gasteiger partial charge in [-0.05, 0) is 33.6 Å². The zero-order valence-corrected chi connectivity index (χ0v) is 12.0. The number of hydrogen-bond acceptors (Lipinski definition) is 5. The van der Waals surface area contributed by atoms with Crippen molar-refractivity contribution in [3.8, 4) is 0 Å². The SMILES string of the molecule is CC(C)(C)OC(=O)C[C@H](NC(=O)[C@H]1CCCO1)C(=O)O. The second-order valence-corrected chi connectivity index (χ2v) is 5.69. The Morgan fingerprint density at radius 1 is 1.40 bits per heavy atom. The molecule has 1 aliphatic heterocycles. The number of ether oxygens (including phenoxy) is 2. The van der Waals surface area contributed by atoms with Crippen LogP contribution in [0.1, 0.15) is 40.0 Å². The van der Waals surface area contributed by atoms with E-state index >= 15 is 0 Å². The van der Waals surface area contributed by atoms with Crippen LogP contribution >= 0.6 is 0 Å². The molecule has 1 fully saturated rings. The zero-order chi connectivity index (χ0) is 15.3. The van der Waals surface area contributed by atoms with Gasteiger partial charge in [0, 0.05) is 6.61 Å². The molecule has 0 unspecified atom stereocenters. The van der Waals surface area contributed by atoms with E-state index in [4.69, 9.17) is 14.6 Å². The Balaban J connectivity index is 2.54. The highest BCUT2D eigenvalue weighted by Crippen LogP contribution is 2.13. The lowest BCUT2D eigenvalue weighted by Crippen LogP contribution is -2.47. The van der Waals surface area contributed by atoms with E-state index in [2.05, 4.69) is 5.32 Å². The van der Waals surface area contributed by atoms with Crippen LogP contribution in [0.3, 0.4) is 0 Å². The molecule has 20 heavy (non-hydrogen) atoms. The van der Waals surface area contributed by atoms with Crippen molar-refractivity contribution in [2.75, 3.05) is 6.61 Å². The number of carbonyl (C=O) groups is 3. The first kappa shape index (κ1) is 16.4. The van der Waals surface area contributed by atoms with Gasteiger partial charge in [-0.2, -0.15) is 0 Å². The van der Waals surface area contributed by atoms with Crippen molar-refractivity contribution >= 4 is 17.8 Å². The minimum absolute atomic E-state index is 0.412. The topological polar surface area (TPSA) is 102 Å². The Morgan fingerprint density at radius 3 is 2.50 bits per heavy atom. The fourth-order valence-electron chi connectivity index (χ4n) is 1.80. The number of amides is 1. The molecule has 2 N–H and O–H groups in total. The number of aliphatic carboxylic acids is 1. The molecule has 0 aromatic carbocycles. The third-order valence-electron chi connectivity index (χ3n) is 2.63. The molecule has 0 saturated carbocycles. The summed E-state index contributed by atoms with van der Waals surface area (Å²) < 4.78 is 10.2. The van der Waals surface area contributed by atoms with Crippen molar-refractivity contribution in [2.24, 2.45) is 0 Å². The summed E-state index contributed by atoms with van der Waals surface area (Å²) in [6, 6.07) is -1.30. The maximum atomic E-state index is 11.8. The van der Waals surface area contributed by atoms with Gasteiger partial charge in [-0.3, -0.25) is 9.59 Å². The summed E-state index contributed by atoms with van der Waals surface area (Å²) in [5, 5.41) is 11.4. The van der Waals surface area contributed by atoms with Crippen LogP contribution in [0, 0.1) is 0 Å². The highest BCUT2D eigenvalue weighted by atomic mass is 16.6. The van der Waals surface area contributed by atoms with Crippen molar-refractivity contribution in [3.05, 3.63) is 0 Å². The Bertz CT molecular complexity index is 381. The smallest absolute Gasteiger partial charge is 0.326 e. The van der Waals surface area contributed by atoms with E-state index in [1.807, 2.05) is 0 Å². The first-order valence-electron chi connectivity index (χ1n) is 6.55. The summed E-state index contributed by atoms with van der Waals surface area (Å²) in [4.78, 5) is 34.5. The highest BCUT2D eigenvalue weighted by Gasteiger charge is 2.30. The van der Waals surface area contributed by atoms with Gasteiger partial charge in [-0.25, -0.2) is 4.79 Å². The minimum Gasteiger partial charge on any atom is -0.480 e. The molecule has 7 heteroatoms. The molecule has 1 saturated heterocycles. The predicted molar refractivity (Wildman–Crippen MR) is 69.0 cm³/mol. The number of carboxylic acid groups (broad SMARTS) is 1. The van der Waals surface area contributed by atoms with Gasteiger partial charge in [0.25, 0.3) is 0 Å². The first-order valence-corrected chi connectivity index (χ1v) is 6.55. The average Bonchev–Trinajstić information content (AvgIpc) is 2.78. The summed E-state index contributed by atoms with van der Waals surface area (Å²) >= 11 is 0. The van der Waals surface area contributed by atoms with Crippen LogP contribution in [0.2, 0.25) is 0 Å². The summed E-state index contributed by atoms with van der Waals surface area (Å²) in [6.45, 7) is 5.55. The van der Waals surface area contributed by atoms with Crippen molar-refractivity contribution in [3.63, 3.8) is 0 Å². The van der Waals surface area contributed by atoms with Crippen LogP contribution in [-0.4, -0.2) is 47.3 Å². The molecule has 0 aliphatic carbocycles. The molecule has 0 aromatic heterocycles. The fraction of sp³-hybridized carbons (Fsp3) is 0.769. The molecule has 0 spiro atoms. The quantitative estimate of drug-likeness (QED) is 0.712. The lowest BCUT2D eigenvalue weighted by molar-refractivity contribution is -0.158. The Hall–Kier alpha value is -1.63. The number of esters is 1. The number of rotatable bonds is 5. The lowest BCUT2D eigenvalue weighted by atomic mass is 10.1. The van der Waals surface area contributed by atoms with Crippen LogP contribution in [0.25, 0.3) is 0 Å². The molecular formula is C13H21NO6. The van der Waals surface area contributed by atoms with Crippen LogP contribution in [0.5, 0.6) is 0 Å². The summed E-state index contributed by atoms with van der Waals surface area (Å²) in [5.41, 5.74) is -0.696. The summed E-state index contributed by atoms with van der Waals surface area (Å²) in [6.07, 6.45) is 0.285. The maximum absolute atomic E-state index is 11.8. The van der Waals surface area contributed by atoms with E-state index in [9.17, 15) is 14.4 Å². The predicted octanol–water partition coefficient (Wildman–Crippen LogP) is 0.467. The Labute approximate surface area is 117 Å². The largest absolute Gasteiger partial charge is 0.480 e. The van der Waals surface area contributed by atoms with Crippen LogP contribution in [0.15, 0.2) is 0 Å². The van der Waals surface area contributed by atoms with E-state index in [1.165, 1.54) is 0 Å². The molecule has 2 atom stereocenters. The molecule has 1 aliphatic rings. The number of carbonyl (C=O) groups excluding carboxylic acids is 2. The highest BCUT2D eigenvalue weighted by molar-refractivity contribution is 5.89. The first-order chi connectivity index (χ1) is 9.19. The van der Waals surface area contributed by atoms with Gasteiger partial charge in [0.2, 0.25) is 5.91 Å². The molecular weight excluding hydrogens is 266 g/mol. The Kier molecular flexibility index (Phi) is 5.50. The molecule has 1 rings (SSSR count). The van der Waals surface area contributed by atoms with Crippen molar-refractivity contribution in [1.29, 1.82) is 0 Å². The van der Waals surface area contributed by atoms with E-state index < -0.39 is 42.0 Å². The fourth-order valence-corrected chi connectivity index (χ4v) is 1.80. The van der Waals surface area contributed by atoms with Gasteiger partial charge in [0.15, 0.2) is 0 Å². The van der Waals surface area contributed by atoms with Gasteiger partial charge in [0.1, 0.15) is 17.7 Å². The molecule has 114 valence electrons. The molecule has 0 bridgehead atoms. The second-order valence-electron chi connectivity index (χ2n) is 5.69. The average molecular weight is 287 g/mol. The third kappa shape index (κ3) is 5.56. The molecule has 0 aromatic rings. The van der Waals surface area contributed by atoms with Crippen LogP contribution < -0.4 is 5.32 Å². The maximum Gasteiger partial charge on any atom is 0.326 e. The third-order valence-corrected chi connectivity index (χ3v) is 2.63. The van der Waals surface area contributed by atoms with E-state index in [1.54, 1.807) is 20.8 Å². The second kappa shape index (κ2) is 6.69. The Morgan fingerprint density at radius 2 is 2.05 bits per heavy atom. The van der Waals surface area contributed by atoms with Crippen molar-refractivity contribution in [2.45, 2.75) is 57.8 Å². The van der Waals surface area contributed by atoms with Gasteiger partial charge in [0.05, 0.1) is 6.42 Å². The molecule has 0 radical (unpaired) electrons. The zero-order valence-electron chi connectivity index (χ0n) is 12.0. The van der Waals surface area contributed by atoms with Crippen LogP contribution in [-0.2, 0) is 23.9 Å². The van der Waals surface area contributed by atoms with Crippen molar-refractivity contribution < 1.29 is 29.0 Å². The normalized spacial score (nSPS) is 20.2. The van der Waals surface area contributed by atoms with Crippen LogP contribution in [0.4, 0.5) is 0 Å². The van der Waals surface area contributed by atoms with Gasteiger partial charge in [-0.15, -0.1) is 0 Å². The van der Waals surface area contributed by atoms with E-state index in [0.29, 0.717) is 13.0 Å². The van der Waals surface area contributed by atoms with E-state index in [0.717, 1.165) is 6.42 Å². The van der Waals surface area contributed by atoms with Gasteiger partial charge in [-0.1, -0.05) is 0 Å². The number of nitrogens with one attached hydrogen (secondary N) is 1. The molecule has 7 nitrogen and oxygen atoms in total. The summed E-state index contributed by atoms with van der Waals surface area (Å²) in [5.74, 6) is -2.45. The standard InChI is InChI=1S/C13H21NO6/c1-13(2,3)20-10(15)7-8(12(17)18)14-11(16)9-5-4-6-19-9/h8-9H,4-7H2,1-3H3,(H,14,16)(H,17,18)/t8-,9+/m0/s1. The minimum atomic E-state index is -1.30. The van der Waals surface area contributed by atoms with Gasteiger partial charge < -0.3 is 19.9 Å². The summed E-state index contributed by atoms with van der Waals surface area (Å²) in [7, 11) is 0. The monoisotopic (exact) mass is 287 g/mol. The van der Waals surface area contributed by atoms with E-state index in [-0.39, 0.29) is 0 Å². The lowest BCUT2D eigenvalue weighted by Gasteiger charge is -2.22. The molecule has 1 amide bonds. The van der Waals surface area contributed by atoms with Gasteiger partial charge >= 0.3 is 11.9 Å². The van der Waals surface area contributed by atoms with Crippen molar-refractivity contribution in [1.82, 2.24) is 5.32 Å². The molecule has 1 heterocycles. The number of carboxylic acids is 1. The number of hydrogen-bond donors (Lipinski definition) is 2.